The van der Waals surface area contributed by atoms with E-state index >= 15 is 0 Å². The maximum atomic E-state index is 12.7. The molecule has 1 heterocycles. The molecule has 3 nitrogen and oxygen atoms in total. The topological polar surface area (TPSA) is 54.7 Å². The zero-order valence-electron chi connectivity index (χ0n) is 13.7. The van der Waals surface area contributed by atoms with Crippen LogP contribution in [0.15, 0.2) is 30.5 Å². The predicted molar refractivity (Wildman–Crippen MR) is 86.9 cm³/mol. The second kappa shape index (κ2) is 8.72. The van der Waals surface area contributed by atoms with Crippen LogP contribution < -0.4 is 5.73 Å². The minimum atomic E-state index is -4.33. The van der Waals surface area contributed by atoms with Crippen LogP contribution in [0, 0.1) is 5.92 Å². The fraction of sp³-hybridized carbons (Fsp3) is 0.471. The van der Waals surface area contributed by atoms with Crippen molar-refractivity contribution in [1.29, 1.82) is 0 Å². The number of halogens is 3. The van der Waals surface area contributed by atoms with Gasteiger partial charge in [0, 0.05) is 12.0 Å². The van der Waals surface area contributed by atoms with Crippen LogP contribution in [-0.4, -0.2) is 17.0 Å². The predicted octanol–water partition coefficient (Wildman–Crippen LogP) is 4.65. The number of benzene rings is 1. The van der Waals surface area contributed by atoms with E-state index in [4.69, 9.17) is 0 Å². The van der Waals surface area contributed by atoms with Crippen LogP contribution in [0.5, 0.6) is 0 Å². The van der Waals surface area contributed by atoms with Crippen molar-refractivity contribution in [3.63, 3.8) is 0 Å². The number of imidazole rings is 1. The molecule has 0 bridgehead atoms. The number of nitrogens with one attached hydrogen (secondary N) is 1. The summed E-state index contributed by atoms with van der Waals surface area (Å²) in [5, 5.41) is 0. The maximum Gasteiger partial charge on any atom is 0.416 e. The van der Waals surface area contributed by atoms with E-state index in [1.54, 1.807) is 12.3 Å². The van der Waals surface area contributed by atoms with Crippen LogP contribution in [0.1, 0.15) is 38.1 Å². The lowest BCUT2D eigenvalue weighted by molar-refractivity contribution is -0.137. The fourth-order valence-electron chi connectivity index (χ4n) is 2.33. The molecule has 0 saturated heterocycles. The third kappa shape index (κ3) is 5.39. The Morgan fingerprint density at radius 1 is 1.17 bits per heavy atom. The van der Waals surface area contributed by atoms with Gasteiger partial charge in [0.1, 0.15) is 5.82 Å². The normalized spacial score (nSPS) is 11.3. The first-order chi connectivity index (χ1) is 10.9. The van der Waals surface area contributed by atoms with Gasteiger partial charge < -0.3 is 10.7 Å². The van der Waals surface area contributed by atoms with E-state index in [2.05, 4.69) is 29.5 Å². The van der Waals surface area contributed by atoms with E-state index in [1.165, 1.54) is 13.1 Å². The average molecular weight is 327 g/mol. The Labute approximate surface area is 135 Å². The molecular formula is C17H24F3N3. The number of alkyl halides is 3. The van der Waals surface area contributed by atoms with Crippen molar-refractivity contribution in [2.45, 2.75) is 39.3 Å². The van der Waals surface area contributed by atoms with Crippen LogP contribution in [0.25, 0.3) is 11.3 Å². The smallest absolute Gasteiger partial charge is 0.342 e. The fourth-order valence-corrected chi connectivity index (χ4v) is 2.33. The molecule has 0 aliphatic carbocycles. The van der Waals surface area contributed by atoms with Crippen LogP contribution >= 0.6 is 0 Å². The molecule has 6 heteroatoms. The number of rotatable bonds is 5. The molecule has 0 unspecified atom stereocenters. The van der Waals surface area contributed by atoms with E-state index in [9.17, 15) is 13.2 Å². The van der Waals surface area contributed by atoms with Gasteiger partial charge in [0.05, 0.1) is 17.5 Å². The molecule has 2 aromatic rings. The van der Waals surface area contributed by atoms with Crippen molar-refractivity contribution < 1.29 is 13.2 Å². The molecule has 0 aliphatic rings. The SMILES string of the molecule is CCC(CC)Cc1ncc(-c2cccc(C(F)(F)F)c2)[nH]1.CN. The molecule has 0 radical (unpaired) electrons. The molecular weight excluding hydrogens is 303 g/mol. The number of aromatic nitrogens is 2. The van der Waals surface area contributed by atoms with Gasteiger partial charge in [-0.2, -0.15) is 13.2 Å². The molecule has 0 amide bonds. The van der Waals surface area contributed by atoms with Crippen LogP contribution in [0.4, 0.5) is 13.2 Å². The summed E-state index contributed by atoms with van der Waals surface area (Å²) in [5.41, 5.74) is 4.99. The molecule has 1 aromatic heterocycles. The highest BCUT2D eigenvalue weighted by Gasteiger charge is 2.30. The Kier molecular flexibility index (Phi) is 7.29. The lowest BCUT2D eigenvalue weighted by Crippen LogP contribution is -2.04. The molecule has 1 aromatic carbocycles. The van der Waals surface area contributed by atoms with Crippen LogP contribution in [0.2, 0.25) is 0 Å². The van der Waals surface area contributed by atoms with E-state index < -0.39 is 11.7 Å². The molecule has 3 N–H and O–H groups in total. The first-order valence-electron chi connectivity index (χ1n) is 7.73. The van der Waals surface area contributed by atoms with Crippen molar-refractivity contribution >= 4 is 0 Å². The van der Waals surface area contributed by atoms with Gasteiger partial charge in [-0.1, -0.05) is 38.8 Å². The second-order valence-electron chi connectivity index (χ2n) is 5.21. The Hall–Kier alpha value is -1.82. The maximum absolute atomic E-state index is 12.7. The largest absolute Gasteiger partial charge is 0.416 e. The molecule has 0 atom stereocenters. The molecule has 2 rings (SSSR count). The minimum Gasteiger partial charge on any atom is -0.342 e. The minimum absolute atomic E-state index is 0.508. The summed E-state index contributed by atoms with van der Waals surface area (Å²) in [6.07, 6.45) is 0.236. The Morgan fingerprint density at radius 3 is 2.39 bits per heavy atom. The third-order valence-corrected chi connectivity index (χ3v) is 3.77. The van der Waals surface area contributed by atoms with E-state index in [0.717, 1.165) is 37.2 Å². The van der Waals surface area contributed by atoms with E-state index in [0.29, 0.717) is 17.2 Å². The Bertz CT molecular complexity index is 587. The van der Waals surface area contributed by atoms with Gasteiger partial charge in [-0.15, -0.1) is 0 Å². The van der Waals surface area contributed by atoms with Gasteiger partial charge in [0.15, 0.2) is 0 Å². The summed E-state index contributed by atoms with van der Waals surface area (Å²) in [4.78, 5) is 7.41. The van der Waals surface area contributed by atoms with Crippen LogP contribution in [0.3, 0.4) is 0 Å². The van der Waals surface area contributed by atoms with Gasteiger partial charge in [-0.25, -0.2) is 4.98 Å². The van der Waals surface area contributed by atoms with E-state index in [1.807, 2.05) is 0 Å². The summed E-state index contributed by atoms with van der Waals surface area (Å²) in [7, 11) is 1.50. The zero-order chi connectivity index (χ0) is 17.5. The van der Waals surface area contributed by atoms with Gasteiger partial charge in [0.25, 0.3) is 0 Å². The highest BCUT2D eigenvalue weighted by atomic mass is 19.4. The number of hydrogen-bond acceptors (Lipinski definition) is 2. The second-order valence-corrected chi connectivity index (χ2v) is 5.21. The van der Waals surface area contributed by atoms with Gasteiger partial charge >= 0.3 is 6.18 Å². The summed E-state index contributed by atoms with van der Waals surface area (Å²) in [6, 6.07) is 5.29. The number of nitrogens with two attached hydrogens (primary N) is 1. The van der Waals surface area contributed by atoms with Crippen LogP contribution in [-0.2, 0) is 12.6 Å². The van der Waals surface area contributed by atoms with Gasteiger partial charge in [-0.3, -0.25) is 0 Å². The molecule has 0 saturated carbocycles. The highest BCUT2D eigenvalue weighted by molar-refractivity contribution is 5.59. The van der Waals surface area contributed by atoms with Crippen molar-refractivity contribution in [1.82, 2.24) is 9.97 Å². The first kappa shape index (κ1) is 19.2. The molecule has 23 heavy (non-hydrogen) atoms. The third-order valence-electron chi connectivity index (χ3n) is 3.77. The molecule has 0 spiro atoms. The Morgan fingerprint density at radius 2 is 1.83 bits per heavy atom. The zero-order valence-corrected chi connectivity index (χ0v) is 13.7. The first-order valence-corrected chi connectivity index (χ1v) is 7.73. The highest BCUT2D eigenvalue weighted by Crippen LogP contribution is 2.31. The van der Waals surface area contributed by atoms with Crippen molar-refractivity contribution in [2.24, 2.45) is 11.7 Å². The van der Waals surface area contributed by atoms with Crippen molar-refractivity contribution in [2.75, 3.05) is 7.05 Å². The quantitative estimate of drug-likeness (QED) is 0.840. The monoisotopic (exact) mass is 327 g/mol. The van der Waals surface area contributed by atoms with Gasteiger partial charge in [-0.05, 0) is 25.1 Å². The summed E-state index contributed by atoms with van der Waals surface area (Å²) < 4.78 is 38.2. The van der Waals surface area contributed by atoms with Crippen molar-refractivity contribution in [3.05, 3.63) is 41.9 Å². The molecule has 0 fully saturated rings. The Balaban J connectivity index is 0.00000127. The van der Waals surface area contributed by atoms with Gasteiger partial charge in [0.2, 0.25) is 0 Å². The lowest BCUT2D eigenvalue weighted by Gasteiger charge is -2.09. The number of H-pyrrole nitrogens is 1. The lowest BCUT2D eigenvalue weighted by atomic mass is 9.99. The summed E-state index contributed by atoms with van der Waals surface area (Å²) >= 11 is 0. The number of nitrogens with zero attached hydrogens (tertiary/aromatic N) is 1. The number of aromatic amines is 1. The van der Waals surface area contributed by atoms with Crippen molar-refractivity contribution in [3.8, 4) is 11.3 Å². The molecule has 0 aliphatic heterocycles. The molecule has 128 valence electrons. The van der Waals surface area contributed by atoms with E-state index in [-0.39, 0.29) is 0 Å². The average Bonchev–Trinajstić information content (AvgIpc) is 3.02. The standard InChI is InChI=1S/C16H19F3N2.CH5N/c1-3-11(4-2)8-15-20-10-14(21-15)12-6-5-7-13(9-12)16(17,18)19;1-2/h5-7,9-11H,3-4,8H2,1-2H3,(H,20,21);2H2,1H3. The number of hydrogen-bond donors (Lipinski definition) is 2. The summed E-state index contributed by atoms with van der Waals surface area (Å²) in [5.74, 6) is 1.38. The summed E-state index contributed by atoms with van der Waals surface area (Å²) in [6.45, 7) is 4.26.